The number of benzene rings is 2. The van der Waals surface area contributed by atoms with E-state index in [1.54, 1.807) is 0 Å². The molecular weight excluding hydrogens is 236 g/mol. The maximum Gasteiger partial charge on any atom is 0.119 e. The Morgan fingerprint density at radius 1 is 0.882 bits per heavy atom. The van der Waals surface area contributed by atoms with Gasteiger partial charge in [-0.1, -0.05) is 35.9 Å². The summed E-state index contributed by atoms with van der Waals surface area (Å²) in [6.45, 7) is 0.563. The summed E-state index contributed by atoms with van der Waals surface area (Å²) >= 11 is 5.80. The lowest BCUT2D eigenvalue weighted by atomic mass is 10.2. The van der Waals surface area contributed by atoms with Crippen molar-refractivity contribution in [1.29, 1.82) is 0 Å². The van der Waals surface area contributed by atoms with Crippen LogP contribution in [0.25, 0.3) is 0 Å². The highest BCUT2D eigenvalue weighted by atomic mass is 35.5. The molecule has 0 aliphatic rings. The zero-order valence-electron chi connectivity index (χ0n) is 9.27. The van der Waals surface area contributed by atoms with Gasteiger partial charge in [-0.2, -0.15) is 0 Å². The van der Waals surface area contributed by atoms with Gasteiger partial charge in [0.05, 0.1) is 6.61 Å². The summed E-state index contributed by atoms with van der Waals surface area (Å²) in [5.74, 6) is 0.789. The SMILES string of the molecule is OCc1ccc(OCc2ccc(Cl)cc2)cc1. The molecule has 0 atom stereocenters. The van der Waals surface area contributed by atoms with Crippen LogP contribution in [0, 0.1) is 0 Å². The monoisotopic (exact) mass is 248 g/mol. The van der Waals surface area contributed by atoms with E-state index in [1.807, 2.05) is 48.5 Å². The van der Waals surface area contributed by atoms with Crippen LogP contribution in [0.5, 0.6) is 5.75 Å². The Labute approximate surface area is 105 Å². The molecule has 3 heteroatoms. The fraction of sp³-hybridized carbons (Fsp3) is 0.143. The van der Waals surface area contributed by atoms with E-state index in [1.165, 1.54) is 0 Å². The third kappa shape index (κ3) is 3.48. The minimum atomic E-state index is 0.0530. The Morgan fingerprint density at radius 2 is 1.47 bits per heavy atom. The molecule has 2 rings (SSSR count). The van der Waals surface area contributed by atoms with Crippen molar-refractivity contribution in [1.82, 2.24) is 0 Å². The highest BCUT2D eigenvalue weighted by Gasteiger charge is 1.97. The van der Waals surface area contributed by atoms with Gasteiger partial charge in [-0.25, -0.2) is 0 Å². The summed E-state index contributed by atoms with van der Waals surface area (Å²) in [6, 6.07) is 14.9. The van der Waals surface area contributed by atoms with Crippen LogP contribution in [-0.2, 0) is 13.2 Å². The summed E-state index contributed by atoms with van der Waals surface area (Å²) in [5, 5.41) is 9.63. The highest BCUT2D eigenvalue weighted by molar-refractivity contribution is 6.30. The molecule has 0 spiro atoms. The Bertz CT molecular complexity index is 463. The summed E-state index contributed by atoms with van der Waals surface area (Å²) < 4.78 is 5.61. The van der Waals surface area contributed by atoms with Crippen molar-refractivity contribution < 1.29 is 9.84 Å². The first kappa shape index (κ1) is 12.0. The average molecular weight is 249 g/mol. The summed E-state index contributed by atoms with van der Waals surface area (Å²) in [6.07, 6.45) is 0. The second-order valence-electron chi connectivity index (χ2n) is 3.72. The van der Waals surface area contributed by atoms with Crippen molar-refractivity contribution in [2.24, 2.45) is 0 Å². The number of hydrogen-bond acceptors (Lipinski definition) is 2. The van der Waals surface area contributed by atoms with Crippen LogP contribution in [0.15, 0.2) is 48.5 Å². The largest absolute Gasteiger partial charge is 0.489 e. The molecule has 0 aliphatic heterocycles. The molecule has 0 saturated carbocycles. The van der Waals surface area contributed by atoms with Crippen LogP contribution < -0.4 is 4.74 Å². The van der Waals surface area contributed by atoms with E-state index < -0.39 is 0 Å². The molecule has 0 amide bonds. The second kappa shape index (κ2) is 5.71. The Morgan fingerprint density at radius 3 is 2.06 bits per heavy atom. The quantitative estimate of drug-likeness (QED) is 0.899. The maximum absolute atomic E-state index is 8.91. The van der Waals surface area contributed by atoms with Crippen LogP contribution in [0.4, 0.5) is 0 Å². The Kier molecular flexibility index (Phi) is 4.02. The van der Waals surface area contributed by atoms with Gasteiger partial charge in [-0.3, -0.25) is 0 Å². The molecule has 0 aromatic heterocycles. The van der Waals surface area contributed by atoms with Crippen molar-refractivity contribution in [3.8, 4) is 5.75 Å². The summed E-state index contributed by atoms with van der Waals surface area (Å²) in [7, 11) is 0. The zero-order valence-corrected chi connectivity index (χ0v) is 10.0. The lowest BCUT2D eigenvalue weighted by molar-refractivity contribution is 0.280. The smallest absolute Gasteiger partial charge is 0.119 e. The molecular formula is C14H13ClO2. The van der Waals surface area contributed by atoms with Gasteiger partial charge in [0.15, 0.2) is 0 Å². The van der Waals surface area contributed by atoms with Crippen LogP contribution in [0.2, 0.25) is 5.02 Å². The fourth-order valence-corrected chi connectivity index (χ4v) is 1.56. The molecule has 0 aliphatic carbocycles. The molecule has 2 aromatic rings. The van der Waals surface area contributed by atoms with Crippen molar-refractivity contribution in [3.63, 3.8) is 0 Å². The predicted octanol–water partition coefficient (Wildman–Crippen LogP) is 3.41. The number of aliphatic hydroxyl groups excluding tert-OH is 1. The van der Waals surface area contributed by atoms with Gasteiger partial charge in [0.1, 0.15) is 12.4 Å². The minimum Gasteiger partial charge on any atom is -0.489 e. The molecule has 0 radical (unpaired) electrons. The number of halogens is 1. The van der Waals surface area contributed by atoms with Gasteiger partial charge in [0.2, 0.25) is 0 Å². The molecule has 0 fully saturated rings. The number of ether oxygens (including phenoxy) is 1. The van der Waals surface area contributed by atoms with Crippen LogP contribution in [-0.4, -0.2) is 5.11 Å². The predicted molar refractivity (Wildman–Crippen MR) is 68.1 cm³/mol. The van der Waals surface area contributed by atoms with Crippen molar-refractivity contribution >= 4 is 11.6 Å². The molecule has 2 nitrogen and oxygen atoms in total. The van der Waals surface area contributed by atoms with Crippen molar-refractivity contribution in [3.05, 3.63) is 64.7 Å². The van der Waals surface area contributed by atoms with E-state index in [4.69, 9.17) is 21.4 Å². The normalized spacial score (nSPS) is 10.2. The Balaban J connectivity index is 1.95. The van der Waals surface area contributed by atoms with Crippen LogP contribution >= 0.6 is 11.6 Å². The van der Waals surface area contributed by atoms with Crippen molar-refractivity contribution in [2.75, 3.05) is 0 Å². The highest BCUT2D eigenvalue weighted by Crippen LogP contribution is 2.15. The molecule has 0 unspecified atom stereocenters. The maximum atomic E-state index is 8.91. The van der Waals surface area contributed by atoms with E-state index >= 15 is 0 Å². The minimum absolute atomic E-state index is 0.0530. The molecule has 2 aromatic carbocycles. The average Bonchev–Trinajstić information content (AvgIpc) is 2.39. The van der Waals surface area contributed by atoms with Crippen molar-refractivity contribution in [2.45, 2.75) is 13.2 Å². The number of rotatable bonds is 4. The van der Waals surface area contributed by atoms with E-state index in [2.05, 4.69) is 0 Å². The van der Waals surface area contributed by atoms with E-state index in [0.717, 1.165) is 21.9 Å². The van der Waals surface area contributed by atoms with Gasteiger partial charge in [0, 0.05) is 5.02 Å². The van der Waals surface area contributed by atoms with E-state index in [-0.39, 0.29) is 6.61 Å². The summed E-state index contributed by atoms with van der Waals surface area (Å²) in [5.41, 5.74) is 1.95. The molecule has 0 heterocycles. The lowest BCUT2D eigenvalue weighted by Crippen LogP contribution is -1.95. The van der Waals surface area contributed by atoms with Crippen LogP contribution in [0.1, 0.15) is 11.1 Å². The standard InChI is InChI=1S/C14H13ClO2/c15-13-5-1-12(2-6-13)10-17-14-7-3-11(9-16)4-8-14/h1-8,16H,9-10H2. The number of hydrogen-bond donors (Lipinski definition) is 1. The first-order chi connectivity index (χ1) is 8.28. The molecule has 0 bridgehead atoms. The fourth-order valence-electron chi connectivity index (χ4n) is 1.44. The molecule has 1 N–H and O–H groups in total. The number of aliphatic hydroxyl groups is 1. The first-order valence-electron chi connectivity index (χ1n) is 5.35. The van der Waals surface area contributed by atoms with E-state index in [9.17, 15) is 0 Å². The topological polar surface area (TPSA) is 29.5 Å². The lowest BCUT2D eigenvalue weighted by Gasteiger charge is -2.06. The van der Waals surface area contributed by atoms with Gasteiger partial charge in [-0.15, -0.1) is 0 Å². The van der Waals surface area contributed by atoms with Gasteiger partial charge >= 0.3 is 0 Å². The summed E-state index contributed by atoms with van der Waals surface area (Å²) in [4.78, 5) is 0. The third-order valence-electron chi connectivity index (χ3n) is 2.42. The first-order valence-corrected chi connectivity index (χ1v) is 5.73. The van der Waals surface area contributed by atoms with Gasteiger partial charge in [0.25, 0.3) is 0 Å². The van der Waals surface area contributed by atoms with E-state index in [0.29, 0.717) is 6.61 Å². The van der Waals surface area contributed by atoms with Gasteiger partial charge < -0.3 is 9.84 Å². The zero-order chi connectivity index (χ0) is 12.1. The molecule has 0 saturated heterocycles. The second-order valence-corrected chi connectivity index (χ2v) is 4.15. The molecule has 17 heavy (non-hydrogen) atoms. The van der Waals surface area contributed by atoms with Gasteiger partial charge in [-0.05, 0) is 35.4 Å². The molecule has 88 valence electrons. The third-order valence-corrected chi connectivity index (χ3v) is 2.68. The van der Waals surface area contributed by atoms with Crippen LogP contribution in [0.3, 0.4) is 0 Å². The Hall–Kier alpha value is -1.51.